The van der Waals surface area contributed by atoms with Crippen LogP contribution in [0.2, 0.25) is 0 Å². The van der Waals surface area contributed by atoms with Crippen LogP contribution in [0.25, 0.3) is 0 Å². The summed E-state index contributed by atoms with van der Waals surface area (Å²) in [6, 6.07) is 10.3. The summed E-state index contributed by atoms with van der Waals surface area (Å²) in [6.45, 7) is 9.15. The van der Waals surface area contributed by atoms with Crippen LogP contribution in [0, 0.1) is 75.9 Å². The Balaban J connectivity index is 1.18. The number of allylic oxidation sites excluding steroid dienone is 1. The lowest BCUT2D eigenvalue weighted by atomic mass is 9.42. The first kappa shape index (κ1) is 37.1. The highest BCUT2D eigenvalue weighted by molar-refractivity contribution is 5.95. The van der Waals surface area contributed by atoms with Crippen LogP contribution in [-0.4, -0.2) is 76.0 Å². The van der Waals surface area contributed by atoms with Crippen molar-refractivity contribution in [1.29, 1.82) is 0 Å². The van der Waals surface area contributed by atoms with Crippen LogP contribution in [-0.2, 0) is 19.0 Å². The van der Waals surface area contributed by atoms with Gasteiger partial charge in [-0.15, -0.1) is 5.92 Å². The fraction of sp³-hybridized carbons (Fsp3) is 0.723. The number of hydrogen-bond acceptors (Lipinski definition) is 7. The molecule has 5 heterocycles. The molecule has 11 rings (SSSR count). The first-order valence-electron chi connectivity index (χ1n) is 21.2. The van der Waals surface area contributed by atoms with Crippen molar-refractivity contribution in [2.75, 3.05) is 13.2 Å². The van der Waals surface area contributed by atoms with Gasteiger partial charge in [0.2, 0.25) is 0 Å². The number of hydrogen-bond donors (Lipinski definition) is 3. The molecule has 5 aliphatic heterocycles. The highest BCUT2D eigenvalue weighted by Gasteiger charge is 2.73. The highest BCUT2D eigenvalue weighted by atomic mass is 16.5. The summed E-state index contributed by atoms with van der Waals surface area (Å²) >= 11 is 0. The number of aliphatic hydroxyl groups is 3. The molecule has 7 nitrogen and oxygen atoms in total. The summed E-state index contributed by atoms with van der Waals surface area (Å²) in [6.07, 6.45) is 8.17. The molecular formula is C47H60O7. The molecule has 5 fully saturated rings. The minimum Gasteiger partial charge on any atom is -0.387 e. The van der Waals surface area contributed by atoms with Gasteiger partial charge in [-0.1, -0.05) is 94.5 Å². The fourth-order valence-electron chi connectivity index (χ4n) is 14.1. The van der Waals surface area contributed by atoms with E-state index in [4.69, 9.17) is 14.2 Å². The number of aliphatic hydroxyl groups excluding tert-OH is 2. The normalized spacial score (nSPS) is 50.1. The average molecular weight is 737 g/mol. The van der Waals surface area contributed by atoms with Crippen molar-refractivity contribution in [3.05, 3.63) is 47.5 Å². The number of carbonyl (C=O) groups is 1. The quantitative estimate of drug-likeness (QED) is 0.303. The third-order valence-electron chi connectivity index (χ3n) is 17.0. The molecule has 0 amide bonds. The second-order valence-electron chi connectivity index (χ2n) is 19.2. The Kier molecular flexibility index (Phi) is 9.33. The van der Waals surface area contributed by atoms with E-state index >= 15 is 0 Å². The van der Waals surface area contributed by atoms with Gasteiger partial charge in [0.15, 0.2) is 5.78 Å². The van der Waals surface area contributed by atoms with E-state index in [9.17, 15) is 20.1 Å². The predicted molar refractivity (Wildman–Crippen MR) is 205 cm³/mol. The van der Waals surface area contributed by atoms with E-state index in [1.54, 1.807) is 0 Å². The lowest BCUT2D eigenvalue weighted by molar-refractivity contribution is -0.219. The molecule has 16 atom stereocenters. The van der Waals surface area contributed by atoms with E-state index in [1.165, 1.54) is 12.8 Å². The molecule has 4 saturated carbocycles. The van der Waals surface area contributed by atoms with Crippen molar-refractivity contribution in [2.24, 2.45) is 52.3 Å². The maximum atomic E-state index is 14.5. The van der Waals surface area contributed by atoms with Gasteiger partial charge in [-0.2, -0.15) is 0 Å². The first-order chi connectivity index (χ1) is 25.9. The van der Waals surface area contributed by atoms with Crippen molar-refractivity contribution in [3.63, 3.8) is 0 Å². The van der Waals surface area contributed by atoms with Crippen LogP contribution in [0.4, 0.5) is 0 Å². The molecule has 0 radical (unpaired) electrons. The number of rotatable bonds is 2. The molecule has 3 N–H and O–H groups in total. The Bertz CT molecular complexity index is 1770. The zero-order valence-corrected chi connectivity index (χ0v) is 32.6. The van der Waals surface area contributed by atoms with Gasteiger partial charge in [-0.25, -0.2) is 0 Å². The topological polar surface area (TPSA) is 105 Å². The number of ether oxygens (including phenoxy) is 3. The van der Waals surface area contributed by atoms with Gasteiger partial charge in [0, 0.05) is 17.8 Å². The van der Waals surface area contributed by atoms with E-state index in [1.807, 2.05) is 31.2 Å². The number of ketones is 1. The summed E-state index contributed by atoms with van der Waals surface area (Å²) in [7, 11) is 0. The molecule has 1 saturated heterocycles. The van der Waals surface area contributed by atoms with Gasteiger partial charge in [0.1, 0.15) is 18.8 Å². The van der Waals surface area contributed by atoms with Gasteiger partial charge in [0.05, 0.1) is 42.0 Å². The molecule has 1 aromatic rings. The first-order valence-corrected chi connectivity index (χ1v) is 21.2. The van der Waals surface area contributed by atoms with Crippen LogP contribution in [0.15, 0.2) is 42.0 Å². The van der Waals surface area contributed by atoms with Gasteiger partial charge in [-0.3, -0.25) is 4.79 Å². The third kappa shape index (κ3) is 5.43. The maximum Gasteiger partial charge on any atom is 0.159 e. The Hall–Kier alpha value is -2.49. The Morgan fingerprint density at radius 1 is 0.889 bits per heavy atom. The molecule has 16 unspecified atom stereocenters. The molecule has 290 valence electrons. The fourth-order valence-corrected chi connectivity index (χ4v) is 14.1. The number of fused-ring (bicyclic) bond motifs is 4. The summed E-state index contributed by atoms with van der Waals surface area (Å²) in [5.41, 5.74) is -1.25. The van der Waals surface area contributed by atoms with E-state index in [-0.39, 0.29) is 65.3 Å². The lowest BCUT2D eigenvalue weighted by Crippen LogP contribution is -2.66. The number of benzene rings is 1. The van der Waals surface area contributed by atoms with Crippen LogP contribution >= 0.6 is 0 Å². The predicted octanol–water partition coefficient (Wildman–Crippen LogP) is 6.39. The molecule has 5 aliphatic carbocycles. The minimum atomic E-state index is -1.54. The van der Waals surface area contributed by atoms with Crippen molar-refractivity contribution >= 4 is 5.78 Å². The third-order valence-corrected chi connectivity index (χ3v) is 17.0. The molecule has 1 aromatic carbocycles. The van der Waals surface area contributed by atoms with E-state index in [0.717, 1.165) is 43.2 Å². The lowest BCUT2D eigenvalue weighted by Gasteiger charge is -2.64. The van der Waals surface area contributed by atoms with E-state index in [0.29, 0.717) is 38.2 Å². The number of carbonyl (C=O) groups excluding carboxylic acids is 1. The second kappa shape index (κ2) is 13.6. The molecular weight excluding hydrogens is 677 g/mol. The zero-order chi connectivity index (χ0) is 37.6. The smallest absolute Gasteiger partial charge is 0.159 e. The van der Waals surface area contributed by atoms with Gasteiger partial charge in [0.25, 0.3) is 0 Å². The van der Waals surface area contributed by atoms with Crippen LogP contribution in [0.5, 0.6) is 0 Å². The molecule has 0 aromatic heterocycles. The molecule has 54 heavy (non-hydrogen) atoms. The zero-order valence-electron chi connectivity index (χ0n) is 32.6. The van der Waals surface area contributed by atoms with Crippen LogP contribution in [0.3, 0.4) is 0 Å². The van der Waals surface area contributed by atoms with Crippen molar-refractivity contribution in [3.8, 4) is 23.7 Å². The summed E-state index contributed by atoms with van der Waals surface area (Å²) in [5, 5.41) is 37.2. The summed E-state index contributed by atoms with van der Waals surface area (Å²) < 4.78 is 20.6. The van der Waals surface area contributed by atoms with Crippen LogP contribution in [0.1, 0.15) is 110 Å². The summed E-state index contributed by atoms with van der Waals surface area (Å²) in [5.74, 6) is 13.7. The standard InChI is InChI=1S/C47H60O7/c1-28-40(30-14-8-9-15-30)42-37(48)18-10-17-32-24-34-35-26-38(49)36-25-33(19-21-44(34,36)2)52-27-31(29-12-6-5-7-13-29)16-11-23-53-47(35)22-20-39(45(32,47)3)46(4,51)43(50)41(28)54-42/h5-7,12-13,26,28,30-34,36-37,39-43,48,50-51H,8-9,14-15,17,19-25,27H2,1-4H3. The minimum absolute atomic E-state index is 0.00817. The van der Waals surface area contributed by atoms with E-state index < -0.39 is 41.0 Å². The average Bonchev–Trinajstić information content (AvgIpc) is 3.88. The monoisotopic (exact) mass is 736 g/mol. The Morgan fingerprint density at radius 2 is 1.67 bits per heavy atom. The van der Waals surface area contributed by atoms with E-state index in [2.05, 4.69) is 56.6 Å². The molecule has 1 spiro atoms. The largest absolute Gasteiger partial charge is 0.387 e. The summed E-state index contributed by atoms with van der Waals surface area (Å²) in [4.78, 5) is 14.5. The Labute approximate surface area is 322 Å². The SMILES string of the molecule is CC1C2OC(C(O)C#CCC3CC4C5=CC(=O)C6CC(CCC64C)OCC(c4ccccc4)C#CCOC54CCC(C(C)(O)C2O)C34C)C1C1CCCC1. The molecule has 8 bridgehead atoms. The van der Waals surface area contributed by atoms with Crippen molar-refractivity contribution in [1.82, 2.24) is 0 Å². The molecule has 7 heteroatoms. The van der Waals surface area contributed by atoms with Gasteiger partial charge < -0.3 is 29.5 Å². The maximum absolute atomic E-state index is 14.5. The second-order valence-corrected chi connectivity index (χ2v) is 19.2. The van der Waals surface area contributed by atoms with Gasteiger partial charge in [-0.05, 0) is 104 Å². The van der Waals surface area contributed by atoms with Crippen LogP contribution < -0.4 is 0 Å². The van der Waals surface area contributed by atoms with Crippen molar-refractivity contribution in [2.45, 2.75) is 146 Å². The highest BCUT2D eigenvalue weighted by Crippen LogP contribution is 2.72. The van der Waals surface area contributed by atoms with Crippen molar-refractivity contribution < 1.29 is 34.3 Å². The Morgan fingerprint density at radius 3 is 2.44 bits per heavy atom. The molecule has 10 aliphatic rings. The van der Waals surface area contributed by atoms with Gasteiger partial charge >= 0.3 is 0 Å².